The van der Waals surface area contributed by atoms with Crippen LogP contribution >= 0.6 is 23.1 Å². The number of nitrogens with zero attached hydrogens (tertiary/aromatic N) is 3. The van der Waals surface area contributed by atoms with Crippen molar-refractivity contribution in [3.05, 3.63) is 29.8 Å². The van der Waals surface area contributed by atoms with Gasteiger partial charge in [0.25, 0.3) is 0 Å². The summed E-state index contributed by atoms with van der Waals surface area (Å²) in [5, 5.41) is 11.1. The van der Waals surface area contributed by atoms with Gasteiger partial charge in [0.05, 0.1) is 5.92 Å². The number of benzene rings is 1. The second kappa shape index (κ2) is 6.67. The Balaban J connectivity index is 1.66. The van der Waals surface area contributed by atoms with Crippen LogP contribution in [0.15, 0.2) is 28.6 Å². The molecule has 3 rings (SSSR count). The van der Waals surface area contributed by atoms with Crippen LogP contribution in [0, 0.1) is 12.8 Å². The zero-order chi connectivity index (χ0) is 16.4. The number of carbonyl (C=O) groups excluding carboxylic acids is 2. The average molecular weight is 348 g/mol. The Bertz CT molecular complexity index is 729. The second-order valence-corrected chi connectivity index (χ2v) is 7.34. The summed E-state index contributed by atoms with van der Waals surface area (Å²) in [5.41, 5.74) is 1.96. The molecule has 0 aliphatic carbocycles. The van der Waals surface area contributed by atoms with Gasteiger partial charge in [-0.2, -0.15) is 0 Å². The molecule has 2 amide bonds. The molecule has 2 aromatic rings. The SMILES string of the molecule is CSc1nnc(NC(=O)C2CC(=O)N(c3ccc(C)cc3)C2)s1. The third-order valence-corrected chi connectivity index (χ3v) is 5.47. The monoisotopic (exact) mass is 348 g/mol. The van der Waals surface area contributed by atoms with Crippen LogP contribution in [0.2, 0.25) is 0 Å². The lowest BCUT2D eigenvalue weighted by Crippen LogP contribution is -2.28. The summed E-state index contributed by atoms with van der Waals surface area (Å²) in [5.74, 6) is -0.585. The summed E-state index contributed by atoms with van der Waals surface area (Å²) in [4.78, 5) is 26.2. The van der Waals surface area contributed by atoms with Gasteiger partial charge in [0.2, 0.25) is 16.9 Å². The minimum absolute atomic E-state index is 0.0314. The number of nitrogens with one attached hydrogen (secondary N) is 1. The Hall–Kier alpha value is -1.93. The smallest absolute Gasteiger partial charge is 0.231 e. The molecule has 1 fully saturated rings. The first-order valence-corrected chi connectivity index (χ1v) is 9.16. The predicted molar refractivity (Wildman–Crippen MR) is 92.0 cm³/mol. The molecule has 1 N–H and O–H groups in total. The van der Waals surface area contributed by atoms with Crippen molar-refractivity contribution < 1.29 is 9.59 Å². The predicted octanol–water partition coefficient (Wildman–Crippen LogP) is 2.56. The van der Waals surface area contributed by atoms with Gasteiger partial charge in [-0.15, -0.1) is 10.2 Å². The fourth-order valence-corrected chi connectivity index (χ4v) is 3.58. The number of thioether (sulfide) groups is 1. The number of aromatic nitrogens is 2. The Morgan fingerprint density at radius 3 is 2.74 bits per heavy atom. The number of amides is 2. The fourth-order valence-electron chi connectivity index (χ4n) is 2.41. The molecule has 1 aromatic carbocycles. The summed E-state index contributed by atoms with van der Waals surface area (Å²) in [6.45, 7) is 2.39. The lowest BCUT2D eigenvalue weighted by Gasteiger charge is -2.16. The second-order valence-electron chi connectivity index (χ2n) is 5.31. The third-order valence-electron chi connectivity index (χ3n) is 3.65. The molecule has 2 heterocycles. The first-order chi connectivity index (χ1) is 11.1. The highest BCUT2D eigenvalue weighted by molar-refractivity contribution is 8.00. The zero-order valence-electron chi connectivity index (χ0n) is 12.8. The number of carbonyl (C=O) groups is 2. The van der Waals surface area contributed by atoms with Crippen molar-refractivity contribution >= 4 is 45.7 Å². The molecule has 6 nitrogen and oxygen atoms in total. The third kappa shape index (κ3) is 3.53. The van der Waals surface area contributed by atoms with Gasteiger partial charge in [0.1, 0.15) is 0 Å². The summed E-state index contributed by atoms with van der Waals surface area (Å²) < 4.78 is 0.795. The molecule has 120 valence electrons. The highest BCUT2D eigenvalue weighted by Crippen LogP contribution is 2.28. The van der Waals surface area contributed by atoms with Gasteiger partial charge < -0.3 is 10.2 Å². The number of hydrogen-bond donors (Lipinski definition) is 1. The Morgan fingerprint density at radius 1 is 1.35 bits per heavy atom. The van der Waals surface area contributed by atoms with Gasteiger partial charge in [0, 0.05) is 18.7 Å². The van der Waals surface area contributed by atoms with E-state index in [1.807, 2.05) is 37.4 Å². The number of hydrogen-bond acceptors (Lipinski definition) is 6. The van der Waals surface area contributed by atoms with Crippen LogP contribution in [0.3, 0.4) is 0 Å². The molecule has 1 aliphatic heterocycles. The summed E-state index contributed by atoms with van der Waals surface area (Å²) >= 11 is 2.81. The largest absolute Gasteiger partial charge is 0.312 e. The maximum Gasteiger partial charge on any atom is 0.231 e. The maximum atomic E-state index is 12.3. The quantitative estimate of drug-likeness (QED) is 0.679. The van der Waals surface area contributed by atoms with Gasteiger partial charge in [-0.25, -0.2) is 0 Å². The first kappa shape index (κ1) is 15.9. The molecule has 23 heavy (non-hydrogen) atoms. The van der Waals surface area contributed by atoms with E-state index >= 15 is 0 Å². The Kier molecular flexibility index (Phi) is 4.63. The van der Waals surface area contributed by atoms with E-state index in [1.54, 1.807) is 4.90 Å². The van der Waals surface area contributed by atoms with Crippen molar-refractivity contribution in [3.8, 4) is 0 Å². The molecule has 1 atom stereocenters. The van der Waals surface area contributed by atoms with Crippen molar-refractivity contribution in [2.75, 3.05) is 23.0 Å². The lowest BCUT2D eigenvalue weighted by atomic mass is 10.1. The Labute approximate surface area is 142 Å². The summed E-state index contributed by atoms with van der Waals surface area (Å²) in [6.07, 6.45) is 2.12. The van der Waals surface area contributed by atoms with Crippen molar-refractivity contribution in [2.24, 2.45) is 5.92 Å². The van der Waals surface area contributed by atoms with Gasteiger partial charge in [-0.1, -0.05) is 40.8 Å². The number of aryl methyl sites for hydroxylation is 1. The molecule has 1 aromatic heterocycles. The number of anilines is 2. The van der Waals surface area contributed by atoms with E-state index in [2.05, 4.69) is 15.5 Å². The normalized spacial score (nSPS) is 17.6. The average Bonchev–Trinajstić information content (AvgIpc) is 3.15. The minimum Gasteiger partial charge on any atom is -0.312 e. The van der Waals surface area contributed by atoms with Gasteiger partial charge in [-0.05, 0) is 25.3 Å². The van der Waals surface area contributed by atoms with Crippen LogP contribution in [0.5, 0.6) is 0 Å². The van der Waals surface area contributed by atoms with E-state index in [1.165, 1.54) is 23.1 Å². The Morgan fingerprint density at radius 2 is 2.09 bits per heavy atom. The highest BCUT2D eigenvalue weighted by Gasteiger charge is 2.35. The molecule has 1 unspecified atom stereocenters. The first-order valence-electron chi connectivity index (χ1n) is 7.12. The van der Waals surface area contributed by atoms with Crippen LogP contribution in [-0.2, 0) is 9.59 Å². The molecule has 0 bridgehead atoms. The minimum atomic E-state index is -0.370. The van der Waals surface area contributed by atoms with E-state index in [0.29, 0.717) is 11.7 Å². The lowest BCUT2D eigenvalue weighted by molar-refractivity contribution is -0.122. The van der Waals surface area contributed by atoms with Crippen molar-refractivity contribution in [1.82, 2.24) is 10.2 Å². The van der Waals surface area contributed by atoms with E-state index in [0.717, 1.165) is 15.6 Å². The van der Waals surface area contributed by atoms with Crippen molar-refractivity contribution in [2.45, 2.75) is 17.7 Å². The molecular formula is C15H16N4O2S2. The highest BCUT2D eigenvalue weighted by atomic mass is 32.2. The van der Waals surface area contributed by atoms with Gasteiger partial charge in [0.15, 0.2) is 4.34 Å². The molecule has 1 saturated heterocycles. The fraction of sp³-hybridized carbons (Fsp3) is 0.333. The molecule has 0 spiro atoms. The maximum absolute atomic E-state index is 12.3. The topological polar surface area (TPSA) is 75.2 Å². The zero-order valence-corrected chi connectivity index (χ0v) is 14.4. The molecule has 0 saturated carbocycles. The van der Waals surface area contributed by atoms with Crippen LogP contribution in [0.4, 0.5) is 10.8 Å². The van der Waals surface area contributed by atoms with Crippen LogP contribution < -0.4 is 10.2 Å². The standard InChI is InChI=1S/C15H16N4O2S2/c1-9-3-5-11(6-4-9)19-8-10(7-12(19)20)13(21)16-14-17-18-15(22-2)23-14/h3-6,10H,7-8H2,1-2H3,(H,16,17,21). The molecular weight excluding hydrogens is 332 g/mol. The van der Waals surface area contributed by atoms with Crippen molar-refractivity contribution in [1.29, 1.82) is 0 Å². The van der Waals surface area contributed by atoms with Gasteiger partial charge in [-0.3, -0.25) is 9.59 Å². The molecule has 0 radical (unpaired) electrons. The van der Waals surface area contributed by atoms with Crippen LogP contribution in [0.1, 0.15) is 12.0 Å². The summed E-state index contributed by atoms with van der Waals surface area (Å²) in [7, 11) is 0. The van der Waals surface area contributed by atoms with Gasteiger partial charge >= 0.3 is 0 Å². The molecule has 1 aliphatic rings. The van der Waals surface area contributed by atoms with E-state index in [-0.39, 0.29) is 24.2 Å². The molecule has 8 heteroatoms. The van der Waals surface area contributed by atoms with Crippen LogP contribution in [0.25, 0.3) is 0 Å². The summed E-state index contributed by atoms with van der Waals surface area (Å²) in [6, 6.07) is 7.73. The van der Waals surface area contributed by atoms with Crippen LogP contribution in [-0.4, -0.2) is 34.8 Å². The van der Waals surface area contributed by atoms with Crippen molar-refractivity contribution in [3.63, 3.8) is 0 Å². The van der Waals surface area contributed by atoms with E-state index in [4.69, 9.17) is 0 Å². The number of rotatable bonds is 4. The van der Waals surface area contributed by atoms with E-state index in [9.17, 15) is 9.59 Å². The van der Waals surface area contributed by atoms with E-state index < -0.39 is 0 Å².